The first kappa shape index (κ1) is 21.1. The maximum Gasteiger partial charge on any atom is 0.253 e. The first-order chi connectivity index (χ1) is 16.1. The van der Waals surface area contributed by atoms with Gasteiger partial charge in [-0.15, -0.1) is 0 Å². The molecule has 5 nitrogen and oxygen atoms in total. The van der Waals surface area contributed by atoms with E-state index >= 15 is 0 Å². The summed E-state index contributed by atoms with van der Waals surface area (Å²) < 4.78 is 5.29. The summed E-state index contributed by atoms with van der Waals surface area (Å²) in [4.78, 5) is 24.5. The standard InChI is InChI=1S/C28H27N3O2/c1-19-15-24(20-7-10-25(33-2)11-8-20)17-27(30-19)23-6-4-14-31(18-23)28(32)22-9-12-26-21(16-22)5-3-13-29-26/h3,5,7-13,15-17,23H,4,6,14,18H2,1-2H3/t23-/m1/s1. The molecule has 0 aliphatic carbocycles. The lowest BCUT2D eigenvalue weighted by Crippen LogP contribution is -2.39. The molecule has 33 heavy (non-hydrogen) atoms. The molecule has 1 atom stereocenters. The van der Waals surface area contributed by atoms with Crippen molar-refractivity contribution in [3.63, 3.8) is 0 Å². The molecule has 1 saturated heterocycles. The number of carbonyl (C=O) groups excluding carboxylic acids is 1. The van der Waals surface area contributed by atoms with Crippen LogP contribution in [0.5, 0.6) is 5.75 Å². The number of benzene rings is 2. The molecule has 0 N–H and O–H groups in total. The van der Waals surface area contributed by atoms with E-state index in [2.05, 4.69) is 29.2 Å². The maximum absolute atomic E-state index is 13.3. The van der Waals surface area contributed by atoms with E-state index in [-0.39, 0.29) is 11.8 Å². The monoisotopic (exact) mass is 437 g/mol. The van der Waals surface area contributed by atoms with Crippen molar-refractivity contribution in [1.29, 1.82) is 0 Å². The normalized spacial score (nSPS) is 16.1. The van der Waals surface area contributed by atoms with Crippen molar-refractivity contribution < 1.29 is 9.53 Å². The number of likely N-dealkylation sites (tertiary alicyclic amines) is 1. The number of ether oxygens (including phenoxy) is 1. The number of aryl methyl sites for hydroxylation is 1. The highest BCUT2D eigenvalue weighted by Gasteiger charge is 2.27. The lowest BCUT2D eigenvalue weighted by atomic mass is 9.91. The maximum atomic E-state index is 13.3. The van der Waals surface area contributed by atoms with Crippen molar-refractivity contribution in [1.82, 2.24) is 14.9 Å². The van der Waals surface area contributed by atoms with Gasteiger partial charge in [0, 0.05) is 47.5 Å². The Balaban J connectivity index is 1.38. The van der Waals surface area contributed by atoms with Crippen LogP contribution in [0, 0.1) is 6.92 Å². The van der Waals surface area contributed by atoms with Crippen LogP contribution in [0.2, 0.25) is 0 Å². The molecule has 166 valence electrons. The van der Waals surface area contributed by atoms with Gasteiger partial charge in [-0.25, -0.2) is 0 Å². The molecular weight excluding hydrogens is 410 g/mol. The summed E-state index contributed by atoms with van der Waals surface area (Å²) in [6, 6.07) is 22.0. The Labute approximate surface area is 194 Å². The highest BCUT2D eigenvalue weighted by molar-refractivity contribution is 5.98. The van der Waals surface area contributed by atoms with Crippen LogP contribution in [0.3, 0.4) is 0 Å². The van der Waals surface area contributed by atoms with Crippen molar-refractivity contribution in [2.75, 3.05) is 20.2 Å². The van der Waals surface area contributed by atoms with Gasteiger partial charge in [0.15, 0.2) is 0 Å². The third kappa shape index (κ3) is 4.44. The van der Waals surface area contributed by atoms with Gasteiger partial charge in [0.2, 0.25) is 0 Å². The molecule has 1 aliphatic rings. The molecule has 0 bridgehead atoms. The Bertz CT molecular complexity index is 1300. The van der Waals surface area contributed by atoms with Gasteiger partial charge in [-0.1, -0.05) is 18.2 Å². The van der Waals surface area contributed by atoms with Crippen molar-refractivity contribution in [3.8, 4) is 16.9 Å². The Morgan fingerprint density at radius 3 is 2.70 bits per heavy atom. The molecule has 5 rings (SSSR count). The fraction of sp³-hybridized carbons (Fsp3) is 0.250. The van der Waals surface area contributed by atoms with Crippen molar-refractivity contribution in [2.24, 2.45) is 0 Å². The third-order valence-corrected chi connectivity index (χ3v) is 6.37. The predicted molar refractivity (Wildman–Crippen MR) is 131 cm³/mol. The van der Waals surface area contributed by atoms with Gasteiger partial charge in [0.05, 0.1) is 12.6 Å². The summed E-state index contributed by atoms with van der Waals surface area (Å²) in [7, 11) is 1.68. The van der Waals surface area contributed by atoms with E-state index in [1.54, 1.807) is 13.3 Å². The number of fused-ring (bicyclic) bond motifs is 1. The van der Waals surface area contributed by atoms with Crippen LogP contribution in [0.15, 0.2) is 72.9 Å². The van der Waals surface area contributed by atoms with Gasteiger partial charge in [0.1, 0.15) is 5.75 Å². The predicted octanol–water partition coefficient (Wildman–Crippen LogP) is 5.63. The number of carbonyl (C=O) groups is 1. The first-order valence-corrected chi connectivity index (χ1v) is 11.4. The molecule has 0 radical (unpaired) electrons. The summed E-state index contributed by atoms with van der Waals surface area (Å²) in [5.74, 6) is 1.14. The van der Waals surface area contributed by atoms with E-state index in [9.17, 15) is 4.79 Å². The number of hydrogen-bond donors (Lipinski definition) is 0. The van der Waals surface area contributed by atoms with Crippen LogP contribution < -0.4 is 4.74 Å². The number of methoxy groups -OCH3 is 1. The molecule has 3 heterocycles. The Morgan fingerprint density at radius 1 is 1.03 bits per heavy atom. The lowest BCUT2D eigenvalue weighted by Gasteiger charge is -2.33. The van der Waals surface area contributed by atoms with E-state index in [0.717, 1.165) is 58.6 Å². The Kier molecular flexibility index (Phi) is 5.78. The Hall–Kier alpha value is -3.73. The number of pyridine rings is 2. The van der Waals surface area contributed by atoms with E-state index in [1.165, 1.54) is 0 Å². The minimum atomic E-state index is 0.0773. The van der Waals surface area contributed by atoms with Crippen molar-refractivity contribution in [2.45, 2.75) is 25.7 Å². The molecule has 1 fully saturated rings. The van der Waals surface area contributed by atoms with Crippen LogP contribution >= 0.6 is 0 Å². The lowest BCUT2D eigenvalue weighted by molar-refractivity contribution is 0.0706. The van der Waals surface area contributed by atoms with Crippen LogP contribution in [0.1, 0.15) is 40.5 Å². The van der Waals surface area contributed by atoms with Crippen LogP contribution in [-0.2, 0) is 0 Å². The number of amides is 1. The van der Waals surface area contributed by atoms with Crippen LogP contribution in [0.25, 0.3) is 22.0 Å². The summed E-state index contributed by atoms with van der Waals surface area (Å²) in [5.41, 5.74) is 5.94. The van der Waals surface area contributed by atoms with E-state index in [0.29, 0.717) is 12.1 Å². The van der Waals surface area contributed by atoms with Gasteiger partial charge in [-0.3, -0.25) is 14.8 Å². The minimum absolute atomic E-state index is 0.0773. The Morgan fingerprint density at radius 2 is 1.88 bits per heavy atom. The third-order valence-electron chi connectivity index (χ3n) is 6.37. The first-order valence-electron chi connectivity index (χ1n) is 11.4. The molecule has 4 aromatic rings. The van der Waals surface area contributed by atoms with E-state index in [4.69, 9.17) is 9.72 Å². The highest BCUT2D eigenvalue weighted by Crippen LogP contribution is 2.31. The highest BCUT2D eigenvalue weighted by atomic mass is 16.5. The zero-order chi connectivity index (χ0) is 22.8. The van der Waals surface area contributed by atoms with Crippen molar-refractivity contribution in [3.05, 3.63) is 89.9 Å². The molecule has 0 spiro atoms. The summed E-state index contributed by atoms with van der Waals surface area (Å²) in [6.45, 7) is 3.49. The van der Waals surface area contributed by atoms with Crippen LogP contribution in [0.4, 0.5) is 0 Å². The topological polar surface area (TPSA) is 55.3 Å². The molecule has 1 aliphatic heterocycles. The van der Waals surface area contributed by atoms with Gasteiger partial charge >= 0.3 is 0 Å². The molecule has 2 aromatic heterocycles. The zero-order valence-corrected chi connectivity index (χ0v) is 19.0. The number of hydrogen-bond acceptors (Lipinski definition) is 4. The summed E-state index contributed by atoms with van der Waals surface area (Å²) >= 11 is 0. The molecule has 5 heteroatoms. The summed E-state index contributed by atoms with van der Waals surface area (Å²) in [6.07, 6.45) is 3.77. The number of aromatic nitrogens is 2. The smallest absolute Gasteiger partial charge is 0.253 e. The average Bonchev–Trinajstić information content (AvgIpc) is 2.87. The zero-order valence-electron chi connectivity index (χ0n) is 19.0. The van der Waals surface area contributed by atoms with E-state index in [1.807, 2.05) is 54.3 Å². The molecule has 1 amide bonds. The van der Waals surface area contributed by atoms with Crippen LogP contribution in [-0.4, -0.2) is 41.0 Å². The van der Waals surface area contributed by atoms with E-state index < -0.39 is 0 Å². The van der Waals surface area contributed by atoms with Gasteiger partial charge in [-0.05, 0) is 79.4 Å². The quantitative estimate of drug-likeness (QED) is 0.415. The largest absolute Gasteiger partial charge is 0.497 e. The summed E-state index contributed by atoms with van der Waals surface area (Å²) in [5, 5.41) is 0.987. The van der Waals surface area contributed by atoms with Gasteiger partial charge in [-0.2, -0.15) is 0 Å². The molecular formula is C28H27N3O2. The molecule has 0 unspecified atom stereocenters. The minimum Gasteiger partial charge on any atom is -0.497 e. The number of rotatable bonds is 4. The fourth-order valence-electron chi connectivity index (χ4n) is 4.65. The fourth-order valence-corrected chi connectivity index (χ4v) is 4.65. The molecule has 2 aromatic carbocycles. The van der Waals surface area contributed by atoms with Crippen molar-refractivity contribution >= 4 is 16.8 Å². The van der Waals surface area contributed by atoms with Gasteiger partial charge < -0.3 is 9.64 Å². The average molecular weight is 438 g/mol. The molecule has 0 saturated carbocycles. The van der Waals surface area contributed by atoms with Gasteiger partial charge in [0.25, 0.3) is 5.91 Å². The second-order valence-corrected chi connectivity index (χ2v) is 8.65. The SMILES string of the molecule is COc1ccc(-c2cc(C)nc([C@@H]3CCCN(C(=O)c4ccc5ncccc5c4)C3)c2)cc1. The number of nitrogens with zero attached hydrogens (tertiary/aromatic N) is 3. The second-order valence-electron chi connectivity index (χ2n) is 8.65. The second kappa shape index (κ2) is 9.02. The number of piperidine rings is 1.